The standard InChI is InChI=1S/C38H46N6O12S/c1-24(2)34(37(51)40-28(21-32(45)46)14-19-57(53,54)44-15-17-55-18-16-44)43-36(50)30(20-27-13-12-26-10-6-7-11-29(26)39-27)41-35(49)31(22-33(47)48)42-38(52)56-23-25-8-4-3-5-9-25/h3-14,19,24,28,30-31,34H,15-18,20-23H2,1-2H3,(H,40,51)(H,41,49)(H,42,52)(H,43,50)(H,45,46)(H,47,48)/b19-14+/t28?,30-,31-,34-/m0/s1. The number of morpholine rings is 1. The Morgan fingerprint density at radius 1 is 0.807 bits per heavy atom. The largest absolute Gasteiger partial charge is 0.481 e. The summed E-state index contributed by atoms with van der Waals surface area (Å²) >= 11 is 0. The van der Waals surface area contributed by atoms with Crippen LogP contribution in [0.4, 0.5) is 4.79 Å². The van der Waals surface area contributed by atoms with E-state index in [4.69, 9.17) is 9.47 Å². The first-order valence-corrected chi connectivity index (χ1v) is 19.5. The van der Waals surface area contributed by atoms with Gasteiger partial charge in [0.25, 0.3) is 0 Å². The monoisotopic (exact) mass is 810 g/mol. The average molecular weight is 811 g/mol. The Morgan fingerprint density at radius 2 is 1.46 bits per heavy atom. The number of nitrogens with zero attached hydrogens (tertiary/aromatic N) is 2. The van der Waals surface area contributed by atoms with Crippen LogP contribution in [0, 0.1) is 5.92 Å². The second kappa shape index (κ2) is 20.8. The SMILES string of the molecule is CC(C)[C@H](NC(=O)[C@H](Cc1ccc2ccccc2n1)NC(=O)[C@H](CC(=O)O)NC(=O)OCc1ccccc1)C(=O)NC(/C=C/S(=O)(=O)N1CCOCC1)CC(=O)O. The van der Waals surface area contributed by atoms with Gasteiger partial charge >= 0.3 is 18.0 Å². The molecule has 0 bridgehead atoms. The van der Waals surface area contributed by atoms with Crippen LogP contribution in [-0.4, -0.2) is 114 Å². The number of ether oxygens (including phenoxy) is 2. The van der Waals surface area contributed by atoms with E-state index in [1.807, 2.05) is 12.1 Å². The predicted octanol–water partition coefficient (Wildman–Crippen LogP) is 1.31. The van der Waals surface area contributed by atoms with E-state index in [2.05, 4.69) is 26.3 Å². The molecule has 4 atom stereocenters. The number of aromatic nitrogens is 1. The summed E-state index contributed by atoms with van der Waals surface area (Å²) in [5.41, 5.74) is 1.57. The van der Waals surface area contributed by atoms with Crippen LogP contribution in [0.1, 0.15) is 37.9 Å². The van der Waals surface area contributed by atoms with Crippen molar-refractivity contribution < 1.29 is 56.9 Å². The topological polar surface area (TPSA) is 260 Å². The lowest BCUT2D eigenvalue weighted by atomic mass is 10.0. The molecule has 4 amide bonds. The van der Waals surface area contributed by atoms with E-state index < -0.39 is 88.7 Å². The summed E-state index contributed by atoms with van der Waals surface area (Å²) in [5, 5.41) is 30.5. The molecule has 1 fully saturated rings. The third-order valence-corrected chi connectivity index (χ3v) is 10.3. The van der Waals surface area contributed by atoms with E-state index >= 15 is 0 Å². The zero-order valence-corrected chi connectivity index (χ0v) is 32.1. The molecular formula is C38H46N6O12S. The maximum Gasteiger partial charge on any atom is 0.408 e. The number of hydrogen-bond acceptors (Lipinski definition) is 11. The van der Waals surface area contributed by atoms with Gasteiger partial charge in [-0.3, -0.25) is 29.0 Å². The van der Waals surface area contributed by atoms with E-state index in [-0.39, 0.29) is 39.3 Å². The van der Waals surface area contributed by atoms with Gasteiger partial charge in [0.15, 0.2) is 0 Å². The third-order valence-electron chi connectivity index (χ3n) is 8.68. The van der Waals surface area contributed by atoms with Gasteiger partial charge in [-0.15, -0.1) is 0 Å². The summed E-state index contributed by atoms with van der Waals surface area (Å²) in [4.78, 5) is 82.0. The van der Waals surface area contributed by atoms with Crippen molar-refractivity contribution in [3.63, 3.8) is 0 Å². The minimum absolute atomic E-state index is 0.0992. The third kappa shape index (κ3) is 14.0. The van der Waals surface area contributed by atoms with E-state index in [0.717, 1.165) is 21.2 Å². The van der Waals surface area contributed by atoms with Gasteiger partial charge in [0.1, 0.15) is 24.7 Å². The number of aliphatic carboxylic acids is 2. The molecule has 0 aliphatic carbocycles. The van der Waals surface area contributed by atoms with Gasteiger partial charge in [-0.05, 0) is 29.7 Å². The highest BCUT2D eigenvalue weighted by Gasteiger charge is 2.33. The first kappa shape index (κ1) is 43.8. The van der Waals surface area contributed by atoms with Crippen LogP contribution in [0.3, 0.4) is 0 Å². The van der Waals surface area contributed by atoms with Gasteiger partial charge in [-0.2, -0.15) is 4.31 Å². The molecule has 6 N–H and O–H groups in total. The Kier molecular flexibility index (Phi) is 16.0. The van der Waals surface area contributed by atoms with Crippen molar-refractivity contribution in [3.8, 4) is 0 Å². The second-order valence-corrected chi connectivity index (χ2v) is 15.3. The minimum atomic E-state index is -3.97. The Labute approximate surface area is 329 Å². The average Bonchev–Trinajstić information content (AvgIpc) is 3.17. The molecule has 18 nitrogen and oxygen atoms in total. The summed E-state index contributed by atoms with van der Waals surface area (Å²) < 4.78 is 37.2. The highest BCUT2D eigenvalue weighted by Crippen LogP contribution is 2.15. The molecule has 0 radical (unpaired) electrons. The van der Waals surface area contributed by atoms with Crippen molar-refractivity contribution >= 4 is 56.7 Å². The molecule has 1 saturated heterocycles. The lowest BCUT2D eigenvalue weighted by Gasteiger charge is -2.27. The van der Waals surface area contributed by atoms with E-state index in [1.54, 1.807) is 68.4 Å². The van der Waals surface area contributed by atoms with Gasteiger partial charge in [0.05, 0.1) is 37.6 Å². The van der Waals surface area contributed by atoms with E-state index in [1.165, 1.54) is 0 Å². The van der Waals surface area contributed by atoms with Crippen molar-refractivity contribution in [1.82, 2.24) is 30.6 Å². The molecule has 0 saturated carbocycles. The Hall–Kier alpha value is -5.92. The summed E-state index contributed by atoms with van der Waals surface area (Å²) in [7, 11) is -3.97. The van der Waals surface area contributed by atoms with Crippen LogP contribution in [0.25, 0.3) is 10.9 Å². The van der Waals surface area contributed by atoms with Crippen molar-refractivity contribution in [2.75, 3.05) is 26.3 Å². The number of pyridine rings is 1. The molecule has 4 rings (SSSR count). The van der Waals surface area contributed by atoms with Gasteiger partial charge in [0, 0.05) is 36.0 Å². The van der Waals surface area contributed by atoms with Gasteiger partial charge in [-0.25, -0.2) is 13.2 Å². The fraction of sp³-hybridized carbons (Fsp3) is 0.395. The molecule has 2 aromatic carbocycles. The van der Waals surface area contributed by atoms with Crippen LogP contribution in [0.15, 0.2) is 78.2 Å². The van der Waals surface area contributed by atoms with Gasteiger partial charge < -0.3 is 41.0 Å². The van der Waals surface area contributed by atoms with Gasteiger partial charge in [0.2, 0.25) is 27.7 Å². The molecule has 1 aliphatic rings. The van der Waals surface area contributed by atoms with Crippen molar-refractivity contribution in [1.29, 1.82) is 0 Å². The van der Waals surface area contributed by atoms with Crippen LogP contribution in [0.5, 0.6) is 0 Å². The van der Waals surface area contributed by atoms with Crippen LogP contribution in [-0.2, 0) is 56.5 Å². The zero-order chi connectivity index (χ0) is 41.5. The highest BCUT2D eigenvalue weighted by molar-refractivity contribution is 7.92. The molecule has 1 aliphatic heterocycles. The van der Waals surface area contributed by atoms with Crippen molar-refractivity contribution in [2.24, 2.45) is 5.92 Å². The number of para-hydroxylation sites is 1. The van der Waals surface area contributed by atoms with E-state index in [0.29, 0.717) is 16.8 Å². The van der Waals surface area contributed by atoms with Crippen LogP contribution in [0.2, 0.25) is 0 Å². The number of amides is 4. The molecule has 3 aromatic rings. The smallest absolute Gasteiger partial charge is 0.408 e. The number of hydrogen-bond donors (Lipinski definition) is 6. The highest BCUT2D eigenvalue weighted by atomic mass is 32.2. The first-order valence-electron chi connectivity index (χ1n) is 18.0. The lowest BCUT2D eigenvalue weighted by Crippen LogP contribution is -2.59. The first-order chi connectivity index (χ1) is 27.1. The van der Waals surface area contributed by atoms with Crippen LogP contribution < -0.4 is 21.3 Å². The molecule has 306 valence electrons. The maximum atomic E-state index is 14.0. The number of benzene rings is 2. The van der Waals surface area contributed by atoms with Crippen molar-refractivity contribution in [3.05, 3.63) is 89.5 Å². The minimum Gasteiger partial charge on any atom is -0.481 e. The number of alkyl carbamates (subject to hydrolysis) is 1. The Bertz CT molecular complexity index is 2040. The normalized spacial score (nSPS) is 15.6. The molecule has 0 spiro atoms. The second-order valence-electron chi connectivity index (χ2n) is 13.4. The number of carbonyl (C=O) groups excluding carboxylic acids is 4. The molecule has 57 heavy (non-hydrogen) atoms. The number of carboxylic acids is 2. The number of rotatable bonds is 19. The lowest BCUT2D eigenvalue weighted by molar-refractivity contribution is -0.140. The number of sulfonamides is 1. The fourth-order valence-electron chi connectivity index (χ4n) is 5.70. The number of carboxylic acid groups (broad SMARTS) is 2. The molecule has 1 aromatic heterocycles. The Morgan fingerprint density at radius 3 is 2.12 bits per heavy atom. The Balaban J connectivity index is 1.55. The predicted molar refractivity (Wildman–Crippen MR) is 205 cm³/mol. The van der Waals surface area contributed by atoms with Gasteiger partial charge in [-0.1, -0.05) is 68.4 Å². The zero-order valence-electron chi connectivity index (χ0n) is 31.3. The van der Waals surface area contributed by atoms with Crippen LogP contribution >= 0.6 is 0 Å². The van der Waals surface area contributed by atoms with E-state index in [9.17, 15) is 47.4 Å². The summed E-state index contributed by atoms with van der Waals surface area (Å²) in [5.74, 6) is -6.18. The summed E-state index contributed by atoms with van der Waals surface area (Å²) in [6.45, 7) is 3.61. The summed E-state index contributed by atoms with van der Waals surface area (Å²) in [6, 6.07) is 13.4. The molecule has 19 heteroatoms. The number of nitrogens with one attached hydrogen (secondary N) is 4. The fourth-order valence-corrected chi connectivity index (χ4v) is 6.92. The summed E-state index contributed by atoms with van der Waals surface area (Å²) in [6.07, 6.45) is -1.83. The molecular weight excluding hydrogens is 765 g/mol. The number of carbonyl (C=O) groups is 6. The molecule has 2 heterocycles. The maximum absolute atomic E-state index is 14.0. The number of fused-ring (bicyclic) bond motifs is 1. The quantitative estimate of drug-likeness (QED) is 0.1000. The molecule has 1 unspecified atom stereocenters. The van der Waals surface area contributed by atoms with Crippen molar-refractivity contribution in [2.45, 2.75) is 63.9 Å².